The quantitative estimate of drug-likeness (QED) is 0.763. The lowest BCUT2D eigenvalue weighted by molar-refractivity contribution is -0.139. The standard InChI is InChI=1S/C15H25NO2/c1-2-11-16(12-14(17)18)13-5-9-15(10-6-13)7-3-4-8-15/h2,13H,1,3-12H2,(H,17,18). The Bertz CT molecular complexity index is 298. The van der Waals surface area contributed by atoms with Crippen molar-refractivity contribution >= 4 is 5.97 Å². The fraction of sp³-hybridized carbons (Fsp3) is 0.800. The molecular weight excluding hydrogens is 226 g/mol. The Labute approximate surface area is 110 Å². The molecule has 0 aromatic carbocycles. The first-order chi connectivity index (χ1) is 8.65. The molecule has 0 bridgehead atoms. The SMILES string of the molecule is C=CCN(CC(=O)O)C1CCC2(CCCC2)CC1. The van der Waals surface area contributed by atoms with Gasteiger partial charge < -0.3 is 5.11 Å². The maximum Gasteiger partial charge on any atom is 0.317 e. The monoisotopic (exact) mass is 251 g/mol. The molecule has 0 aromatic heterocycles. The maximum absolute atomic E-state index is 10.9. The molecule has 18 heavy (non-hydrogen) atoms. The van der Waals surface area contributed by atoms with Crippen LogP contribution in [0.25, 0.3) is 0 Å². The molecular formula is C15H25NO2. The lowest BCUT2D eigenvalue weighted by Crippen LogP contribution is -2.43. The van der Waals surface area contributed by atoms with E-state index in [4.69, 9.17) is 5.11 Å². The summed E-state index contributed by atoms with van der Waals surface area (Å²) in [5, 5.41) is 8.97. The minimum atomic E-state index is -0.724. The molecule has 0 saturated heterocycles. The molecule has 2 aliphatic rings. The Balaban J connectivity index is 1.89. The van der Waals surface area contributed by atoms with Crippen LogP contribution in [0.4, 0.5) is 0 Å². The highest BCUT2D eigenvalue weighted by atomic mass is 16.4. The van der Waals surface area contributed by atoms with Gasteiger partial charge in [-0.1, -0.05) is 18.9 Å². The third kappa shape index (κ3) is 3.14. The molecule has 0 unspecified atom stereocenters. The zero-order chi connectivity index (χ0) is 13.0. The second kappa shape index (κ2) is 5.87. The van der Waals surface area contributed by atoms with E-state index in [0.717, 1.165) is 0 Å². The van der Waals surface area contributed by atoms with Crippen LogP contribution in [0.2, 0.25) is 0 Å². The number of carboxylic acids is 1. The summed E-state index contributed by atoms with van der Waals surface area (Å²) in [4.78, 5) is 13.0. The molecule has 2 saturated carbocycles. The van der Waals surface area contributed by atoms with E-state index in [1.54, 1.807) is 0 Å². The van der Waals surface area contributed by atoms with Crippen LogP contribution >= 0.6 is 0 Å². The van der Waals surface area contributed by atoms with Gasteiger partial charge in [-0.05, 0) is 43.9 Å². The third-order valence-electron chi connectivity index (χ3n) is 4.90. The fourth-order valence-corrected chi connectivity index (χ4v) is 3.89. The molecule has 1 spiro atoms. The van der Waals surface area contributed by atoms with Gasteiger partial charge in [0.1, 0.15) is 0 Å². The normalized spacial score (nSPS) is 23.6. The average Bonchev–Trinajstić information content (AvgIpc) is 2.78. The second-order valence-corrected chi connectivity index (χ2v) is 6.05. The molecule has 0 aromatic rings. The topological polar surface area (TPSA) is 40.5 Å². The van der Waals surface area contributed by atoms with Crippen LogP contribution in [-0.4, -0.2) is 35.1 Å². The Morgan fingerprint density at radius 2 is 1.89 bits per heavy atom. The van der Waals surface area contributed by atoms with Gasteiger partial charge in [0.05, 0.1) is 6.54 Å². The van der Waals surface area contributed by atoms with Crippen molar-refractivity contribution in [1.29, 1.82) is 0 Å². The van der Waals surface area contributed by atoms with E-state index in [9.17, 15) is 4.79 Å². The molecule has 3 heteroatoms. The van der Waals surface area contributed by atoms with E-state index in [1.165, 1.54) is 51.4 Å². The summed E-state index contributed by atoms with van der Waals surface area (Å²) in [6.07, 6.45) is 12.4. The number of hydrogen-bond acceptors (Lipinski definition) is 2. The molecule has 3 nitrogen and oxygen atoms in total. The summed E-state index contributed by atoms with van der Waals surface area (Å²) < 4.78 is 0. The van der Waals surface area contributed by atoms with E-state index >= 15 is 0 Å². The highest BCUT2D eigenvalue weighted by Crippen LogP contribution is 2.49. The van der Waals surface area contributed by atoms with Gasteiger partial charge in [-0.15, -0.1) is 6.58 Å². The molecule has 0 atom stereocenters. The highest BCUT2D eigenvalue weighted by Gasteiger charge is 2.38. The van der Waals surface area contributed by atoms with Gasteiger partial charge in [-0.2, -0.15) is 0 Å². The zero-order valence-electron chi connectivity index (χ0n) is 11.2. The smallest absolute Gasteiger partial charge is 0.317 e. The van der Waals surface area contributed by atoms with Gasteiger partial charge in [-0.3, -0.25) is 9.69 Å². The minimum absolute atomic E-state index is 0.156. The molecule has 0 aliphatic heterocycles. The first kappa shape index (κ1) is 13.6. The largest absolute Gasteiger partial charge is 0.480 e. The fourth-order valence-electron chi connectivity index (χ4n) is 3.89. The predicted molar refractivity (Wildman–Crippen MR) is 72.6 cm³/mol. The van der Waals surface area contributed by atoms with Gasteiger partial charge in [-0.25, -0.2) is 0 Å². The van der Waals surface area contributed by atoms with Crippen LogP contribution in [0.1, 0.15) is 51.4 Å². The first-order valence-electron chi connectivity index (χ1n) is 7.22. The first-order valence-corrected chi connectivity index (χ1v) is 7.22. The van der Waals surface area contributed by atoms with Crippen LogP contribution in [0, 0.1) is 5.41 Å². The average molecular weight is 251 g/mol. The van der Waals surface area contributed by atoms with E-state index in [1.807, 2.05) is 6.08 Å². The molecule has 0 radical (unpaired) electrons. The van der Waals surface area contributed by atoms with Crippen LogP contribution in [0.5, 0.6) is 0 Å². The van der Waals surface area contributed by atoms with Crippen molar-refractivity contribution in [2.24, 2.45) is 5.41 Å². The molecule has 102 valence electrons. The summed E-state index contributed by atoms with van der Waals surface area (Å²) in [6.45, 7) is 4.59. The highest BCUT2D eigenvalue weighted by molar-refractivity contribution is 5.69. The summed E-state index contributed by atoms with van der Waals surface area (Å²) in [5.41, 5.74) is 0.625. The Kier molecular flexibility index (Phi) is 4.44. The van der Waals surface area contributed by atoms with E-state index in [2.05, 4.69) is 11.5 Å². The molecule has 0 heterocycles. The van der Waals surface area contributed by atoms with E-state index < -0.39 is 5.97 Å². The number of aliphatic carboxylic acids is 1. The Morgan fingerprint density at radius 1 is 1.28 bits per heavy atom. The van der Waals surface area contributed by atoms with Crippen molar-refractivity contribution in [2.45, 2.75) is 57.4 Å². The number of rotatable bonds is 5. The van der Waals surface area contributed by atoms with Gasteiger partial charge in [0.15, 0.2) is 0 Å². The molecule has 2 rings (SSSR count). The third-order valence-corrected chi connectivity index (χ3v) is 4.90. The number of carboxylic acid groups (broad SMARTS) is 1. The Morgan fingerprint density at radius 3 is 2.39 bits per heavy atom. The minimum Gasteiger partial charge on any atom is -0.480 e. The maximum atomic E-state index is 10.9. The number of hydrogen-bond donors (Lipinski definition) is 1. The second-order valence-electron chi connectivity index (χ2n) is 6.05. The van der Waals surface area contributed by atoms with Gasteiger partial charge in [0.2, 0.25) is 0 Å². The Hall–Kier alpha value is -0.830. The van der Waals surface area contributed by atoms with Crippen molar-refractivity contribution in [3.05, 3.63) is 12.7 Å². The number of carbonyl (C=O) groups is 1. The van der Waals surface area contributed by atoms with Crippen molar-refractivity contribution in [2.75, 3.05) is 13.1 Å². The lowest BCUT2D eigenvalue weighted by atomic mass is 9.71. The van der Waals surface area contributed by atoms with E-state index in [0.29, 0.717) is 18.0 Å². The van der Waals surface area contributed by atoms with Crippen LogP contribution in [-0.2, 0) is 4.79 Å². The molecule has 0 amide bonds. The van der Waals surface area contributed by atoms with Gasteiger partial charge in [0, 0.05) is 12.6 Å². The van der Waals surface area contributed by atoms with E-state index in [-0.39, 0.29) is 6.54 Å². The van der Waals surface area contributed by atoms with Crippen LogP contribution in [0.3, 0.4) is 0 Å². The van der Waals surface area contributed by atoms with Crippen molar-refractivity contribution in [1.82, 2.24) is 4.90 Å². The lowest BCUT2D eigenvalue weighted by Gasteiger charge is -2.41. The summed E-state index contributed by atoms with van der Waals surface area (Å²) in [5.74, 6) is -0.724. The molecule has 1 N–H and O–H groups in total. The van der Waals surface area contributed by atoms with Crippen LogP contribution in [0.15, 0.2) is 12.7 Å². The molecule has 2 aliphatic carbocycles. The van der Waals surface area contributed by atoms with Crippen molar-refractivity contribution in [3.63, 3.8) is 0 Å². The number of nitrogens with zero attached hydrogens (tertiary/aromatic N) is 1. The van der Waals surface area contributed by atoms with Gasteiger partial charge in [0.25, 0.3) is 0 Å². The predicted octanol–water partition coefficient (Wildman–Crippen LogP) is 3.06. The molecule has 2 fully saturated rings. The van der Waals surface area contributed by atoms with Gasteiger partial charge >= 0.3 is 5.97 Å². The summed E-state index contributed by atoms with van der Waals surface area (Å²) >= 11 is 0. The zero-order valence-corrected chi connectivity index (χ0v) is 11.2. The summed E-state index contributed by atoms with van der Waals surface area (Å²) in [6, 6.07) is 0.449. The summed E-state index contributed by atoms with van der Waals surface area (Å²) in [7, 11) is 0. The van der Waals surface area contributed by atoms with Crippen molar-refractivity contribution < 1.29 is 9.90 Å². The van der Waals surface area contributed by atoms with Crippen LogP contribution < -0.4 is 0 Å². The van der Waals surface area contributed by atoms with Crippen molar-refractivity contribution in [3.8, 4) is 0 Å².